The standard InChI is InChI=1S/C17H27N3O6S2/c1-17(2,3)26-16(21)20-9-7-13(8-10-20)12-19-28(24,25)15-6-4-5-14(11-15)27(18,22)23/h4-6,11,13,19H,7-10,12H2,1-3H3,(H2,18,22,23). The van der Waals surface area contributed by atoms with Crippen LogP contribution in [0.2, 0.25) is 0 Å². The molecule has 9 nitrogen and oxygen atoms in total. The van der Waals surface area contributed by atoms with Crippen molar-refractivity contribution in [3.05, 3.63) is 24.3 Å². The molecule has 0 spiro atoms. The Kier molecular flexibility index (Phi) is 6.74. The number of nitrogens with zero attached hydrogens (tertiary/aromatic N) is 1. The number of sulfonamides is 2. The fraction of sp³-hybridized carbons (Fsp3) is 0.588. The Morgan fingerprint density at radius 2 is 1.75 bits per heavy atom. The van der Waals surface area contributed by atoms with Gasteiger partial charge in [-0.05, 0) is 57.7 Å². The van der Waals surface area contributed by atoms with Crippen LogP contribution in [0.15, 0.2) is 34.1 Å². The summed E-state index contributed by atoms with van der Waals surface area (Å²) in [6.07, 6.45) is 0.907. The molecule has 3 N–H and O–H groups in total. The Hall–Kier alpha value is -1.69. The van der Waals surface area contributed by atoms with Crippen LogP contribution in [0.25, 0.3) is 0 Å². The summed E-state index contributed by atoms with van der Waals surface area (Å²) in [5.41, 5.74) is -0.560. The summed E-state index contributed by atoms with van der Waals surface area (Å²) in [4.78, 5) is 13.3. The van der Waals surface area contributed by atoms with Crippen LogP contribution >= 0.6 is 0 Å². The van der Waals surface area contributed by atoms with E-state index in [2.05, 4.69) is 4.72 Å². The number of nitrogens with one attached hydrogen (secondary N) is 1. The van der Waals surface area contributed by atoms with Crippen molar-refractivity contribution in [2.24, 2.45) is 11.1 Å². The molecular weight excluding hydrogens is 406 g/mol. The van der Waals surface area contributed by atoms with Gasteiger partial charge in [0.25, 0.3) is 0 Å². The van der Waals surface area contributed by atoms with Crippen molar-refractivity contribution in [3.8, 4) is 0 Å². The summed E-state index contributed by atoms with van der Waals surface area (Å²) in [7, 11) is -7.86. The molecule has 1 fully saturated rings. The predicted molar refractivity (Wildman–Crippen MR) is 104 cm³/mol. The first kappa shape index (κ1) is 22.6. The minimum absolute atomic E-state index is 0.0647. The third-order valence-electron chi connectivity index (χ3n) is 4.27. The highest BCUT2D eigenvalue weighted by atomic mass is 32.2. The Labute approximate surface area is 166 Å². The first-order chi connectivity index (χ1) is 12.8. The lowest BCUT2D eigenvalue weighted by molar-refractivity contribution is 0.0185. The second-order valence-electron chi connectivity index (χ2n) is 7.78. The summed E-state index contributed by atoms with van der Waals surface area (Å²) in [5, 5.41) is 5.05. The molecule has 0 saturated carbocycles. The molecule has 0 aliphatic carbocycles. The van der Waals surface area contributed by atoms with E-state index in [9.17, 15) is 21.6 Å². The van der Waals surface area contributed by atoms with E-state index in [1.807, 2.05) is 0 Å². The Morgan fingerprint density at radius 3 is 2.29 bits per heavy atom. The number of hydrogen-bond acceptors (Lipinski definition) is 6. The van der Waals surface area contributed by atoms with Gasteiger partial charge in [0, 0.05) is 19.6 Å². The second kappa shape index (κ2) is 8.36. The maximum absolute atomic E-state index is 12.5. The molecule has 1 heterocycles. The van der Waals surface area contributed by atoms with Gasteiger partial charge in [0.1, 0.15) is 5.60 Å². The van der Waals surface area contributed by atoms with Gasteiger partial charge < -0.3 is 9.64 Å². The highest BCUT2D eigenvalue weighted by molar-refractivity contribution is 7.90. The van der Waals surface area contributed by atoms with Gasteiger partial charge in [-0.2, -0.15) is 0 Å². The molecule has 1 saturated heterocycles. The second-order valence-corrected chi connectivity index (χ2v) is 11.1. The molecule has 0 atom stereocenters. The van der Waals surface area contributed by atoms with Crippen LogP contribution in [0.3, 0.4) is 0 Å². The first-order valence-corrected chi connectivity index (χ1v) is 11.9. The Morgan fingerprint density at radius 1 is 1.18 bits per heavy atom. The zero-order valence-corrected chi connectivity index (χ0v) is 17.8. The van der Waals surface area contributed by atoms with Crippen LogP contribution in [0.4, 0.5) is 4.79 Å². The highest BCUT2D eigenvalue weighted by Crippen LogP contribution is 2.20. The van der Waals surface area contributed by atoms with Crippen LogP contribution in [0.1, 0.15) is 33.6 Å². The molecule has 1 aliphatic rings. The number of amides is 1. The quantitative estimate of drug-likeness (QED) is 0.717. The number of piperidine rings is 1. The van der Waals surface area contributed by atoms with Crippen LogP contribution in [0.5, 0.6) is 0 Å². The summed E-state index contributed by atoms with van der Waals surface area (Å²) in [5.74, 6) is 0.0647. The fourth-order valence-electron chi connectivity index (χ4n) is 2.78. The van der Waals surface area contributed by atoms with Crippen molar-refractivity contribution in [1.29, 1.82) is 0 Å². The van der Waals surface area contributed by atoms with Gasteiger partial charge in [-0.3, -0.25) is 0 Å². The highest BCUT2D eigenvalue weighted by Gasteiger charge is 2.27. The number of benzene rings is 1. The van der Waals surface area contributed by atoms with Crippen molar-refractivity contribution in [1.82, 2.24) is 9.62 Å². The number of likely N-dealkylation sites (tertiary alicyclic amines) is 1. The number of hydrogen-bond donors (Lipinski definition) is 2. The van der Waals surface area contributed by atoms with Gasteiger partial charge in [-0.1, -0.05) is 6.07 Å². The monoisotopic (exact) mass is 433 g/mol. The Bertz CT molecular complexity index is 914. The average Bonchev–Trinajstić information content (AvgIpc) is 2.58. The zero-order chi connectivity index (χ0) is 21.2. The number of nitrogens with two attached hydrogens (primary N) is 1. The van der Waals surface area contributed by atoms with Crippen molar-refractivity contribution in [3.63, 3.8) is 0 Å². The smallest absolute Gasteiger partial charge is 0.410 e. The maximum Gasteiger partial charge on any atom is 0.410 e. The van der Waals surface area contributed by atoms with Gasteiger partial charge >= 0.3 is 6.09 Å². The van der Waals surface area contributed by atoms with E-state index in [4.69, 9.17) is 9.88 Å². The van der Waals surface area contributed by atoms with Gasteiger partial charge in [0.05, 0.1) is 9.79 Å². The summed E-state index contributed by atoms with van der Waals surface area (Å²) in [6.45, 7) is 6.58. The van der Waals surface area contributed by atoms with Gasteiger partial charge in [0.15, 0.2) is 0 Å². The number of ether oxygens (including phenoxy) is 1. The number of rotatable bonds is 5. The molecule has 1 amide bonds. The predicted octanol–water partition coefficient (Wildman–Crippen LogP) is 1.26. The van der Waals surface area contributed by atoms with Gasteiger partial charge in [-0.25, -0.2) is 31.5 Å². The lowest BCUT2D eigenvalue weighted by Gasteiger charge is -2.33. The molecule has 0 bridgehead atoms. The molecule has 0 radical (unpaired) electrons. The molecule has 158 valence electrons. The normalized spacial score (nSPS) is 16.8. The van der Waals surface area contributed by atoms with Crippen LogP contribution < -0.4 is 9.86 Å². The van der Waals surface area contributed by atoms with Gasteiger partial charge in [0.2, 0.25) is 20.0 Å². The van der Waals surface area contributed by atoms with E-state index in [1.54, 1.807) is 25.7 Å². The SMILES string of the molecule is CC(C)(C)OC(=O)N1CCC(CNS(=O)(=O)c2cccc(S(N)(=O)=O)c2)CC1. The van der Waals surface area contributed by atoms with E-state index in [0.717, 1.165) is 6.07 Å². The molecular formula is C17H27N3O6S2. The molecule has 1 aromatic carbocycles. The van der Waals surface area contributed by atoms with E-state index in [1.165, 1.54) is 18.2 Å². The van der Waals surface area contributed by atoms with Crippen molar-refractivity contribution < 1.29 is 26.4 Å². The summed E-state index contributed by atoms with van der Waals surface area (Å²) in [6, 6.07) is 4.90. The van der Waals surface area contributed by atoms with Crippen LogP contribution in [-0.4, -0.2) is 53.1 Å². The lowest BCUT2D eigenvalue weighted by atomic mass is 9.97. The number of primary sulfonamides is 1. The largest absolute Gasteiger partial charge is 0.444 e. The summed E-state index contributed by atoms with van der Waals surface area (Å²) >= 11 is 0. The van der Waals surface area contributed by atoms with Crippen molar-refractivity contribution >= 4 is 26.1 Å². The van der Waals surface area contributed by atoms with E-state index in [-0.39, 0.29) is 28.3 Å². The third-order valence-corrected chi connectivity index (χ3v) is 6.60. The molecule has 11 heteroatoms. The zero-order valence-electron chi connectivity index (χ0n) is 16.2. The number of carbonyl (C=O) groups excluding carboxylic acids is 1. The molecule has 28 heavy (non-hydrogen) atoms. The van der Waals surface area contributed by atoms with Crippen LogP contribution in [0, 0.1) is 5.92 Å². The molecule has 0 unspecified atom stereocenters. The molecule has 0 aromatic heterocycles. The molecule has 1 aliphatic heterocycles. The van der Waals surface area contributed by atoms with E-state index in [0.29, 0.717) is 25.9 Å². The lowest BCUT2D eigenvalue weighted by Crippen LogP contribution is -2.43. The topological polar surface area (TPSA) is 136 Å². The minimum atomic E-state index is -3.99. The molecule has 1 aromatic rings. The first-order valence-electron chi connectivity index (χ1n) is 8.88. The Balaban J connectivity index is 1.92. The van der Waals surface area contributed by atoms with Crippen molar-refractivity contribution in [2.45, 2.75) is 49.0 Å². The van der Waals surface area contributed by atoms with E-state index >= 15 is 0 Å². The van der Waals surface area contributed by atoms with Crippen LogP contribution in [-0.2, 0) is 24.8 Å². The summed E-state index contributed by atoms with van der Waals surface area (Å²) < 4.78 is 55.6. The average molecular weight is 434 g/mol. The van der Waals surface area contributed by atoms with Gasteiger partial charge in [-0.15, -0.1) is 0 Å². The maximum atomic E-state index is 12.5. The molecule has 2 rings (SSSR count). The third kappa shape index (κ3) is 6.43. The number of carbonyl (C=O) groups is 1. The van der Waals surface area contributed by atoms with E-state index < -0.39 is 25.6 Å². The van der Waals surface area contributed by atoms with Crippen molar-refractivity contribution in [2.75, 3.05) is 19.6 Å². The minimum Gasteiger partial charge on any atom is -0.444 e. The fourth-order valence-corrected chi connectivity index (χ4v) is 4.57.